The minimum Gasteiger partial charge on any atom is -0.497 e. The lowest BCUT2D eigenvalue weighted by Gasteiger charge is -2.13. The SMILES string of the molecule is CCC(CC)COC(=O)c1ccc(OC)cc1N. The molecule has 1 aromatic rings. The molecule has 0 heterocycles. The number of methoxy groups -OCH3 is 1. The molecule has 100 valence electrons. The number of ether oxygens (including phenoxy) is 2. The van der Waals surface area contributed by atoms with Gasteiger partial charge in [-0.1, -0.05) is 26.7 Å². The Hall–Kier alpha value is -1.71. The van der Waals surface area contributed by atoms with Crippen molar-refractivity contribution in [2.45, 2.75) is 26.7 Å². The molecule has 1 rings (SSSR count). The van der Waals surface area contributed by atoms with Crippen LogP contribution < -0.4 is 10.5 Å². The van der Waals surface area contributed by atoms with E-state index < -0.39 is 0 Å². The molecule has 1 aromatic carbocycles. The monoisotopic (exact) mass is 251 g/mol. The highest BCUT2D eigenvalue weighted by molar-refractivity contribution is 5.95. The minimum atomic E-state index is -0.373. The van der Waals surface area contributed by atoms with Crippen LogP contribution in [0.4, 0.5) is 5.69 Å². The molecule has 0 amide bonds. The van der Waals surface area contributed by atoms with E-state index in [1.807, 2.05) is 0 Å². The number of rotatable bonds is 6. The first kappa shape index (κ1) is 14.4. The van der Waals surface area contributed by atoms with Crippen molar-refractivity contribution in [2.24, 2.45) is 5.92 Å². The first-order valence-electron chi connectivity index (χ1n) is 6.22. The molecule has 18 heavy (non-hydrogen) atoms. The predicted molar refractivity (Wildman–Crippen MR) is 71.8 cm³/mol. The lowest BCUT2D eigenvalue weighted by molar-refractivity contribution is 0.0434. The molecule has 4 nitrogen and oxygen atoms in total. The quantitative estimate of drug-likeness (QED) is 0.623. The Kier molecular flexibility index (Phi) is 5.49. The number of nitrogen functional groups attached to an aromatic ring is 1. The average Bonchev–Trinajstić information content (AvgIpc) is 2.39. The van der Waals surface area contributed by atoms with Gasteiger partial charge in [-0.25, -0.2) is 4.79 Å². The largest absolute Gasteiger partial charge is 0.497 e. The number of anilines is 1. The van der Waals surface area contributed by atoms with E-state index in [-0.39, 0.29) is 5.97 Å². The van der Waals surface area contributed by atoms with Crippen LogP contribution in [0.5, 0.6) is 5.75 Å². The van der Waals surface area contributed by atoms with E-state index in [4.69, 9.17) is 15.2 Å². The summed E-state index contributed by atoms with van der Waals surface area (Å²) in [4.78, 5) is 11.9. The van der Waals surface area contributed by atoms with Crippen molar-refractivity contribution in [2.75, 3.05) is 19.5 Å². The van der Waals surface area contributed by atoms with Gasteiger partial charge >= 0.3 is 5.97 Å². The number of carbonyl (C=O) groups is 1. The van der Waals surface area contributed by atoms with E-state index in [0.29, 0.717) is 29.5 Å². The molecule has 0 atom stereocenters. The summed E-state index contributed by atoms with van der Waals surface area (Å²) >= 11 is 0. The van der Waals surface area contributed by atoms with Gasteiger partial charge in [0.15, 0.2) is 0 Å². The Balaban J connectivity index is 2.67. The summed E-state index contributed by atoms with van der Waals surface area (Å²) in [5, 5.41) is 0. The van der Waals surface area contributed by atoms with E-state index in [1.54, 1.807) is 25.3 Å². The molecule has 0 radical (unpaired) electrons. The zero-order chi connectivity index (χ0) is 13.5. The van der Waals surface area contributed by atoms with Crippen LogP contribution in [0.1, 0.15) is 37.0 Å². The molecular weight excluding hydrogens is 230 g/mol. The van der Waals surface area contributed by atoms with Crippen LogP contribution in [0.3, 0.4) is 0 Å². The van der Waals surface area contributed by atoms with Gasteiger partial charge in [0.05, 0.1) is 19.3 Å². The van der Waals surface area contributed by atoms with Crippen LogP contribution in [0, 0.1) is 5.92 Å². The molecule has 0 aliphatic heterocycles. The first-order valence-corrected chi connectivity index (χ1v) is 6.22. The summed E-state index contributed by atoms with van der Waals surface area (Å²) in [7, 11) is 1.56. The summed E-state index contributed by atoms with van der Waals surface area (Å²) in [6.45, 7) is 4.62. The Labute approximate surface area is 108 Å². The second-order valence-electron chi connectivity index (χ2n) is 4.23. The number of hydrogen-bond acceptors (Lipinski definition) is 4. The fourth-order valence-corrected chi connectivity index (χ4v) is 1.65. The van der Waals surface area contributed by atoms with Crippen molar-refractivity contribution in [1.82, 2.24) is 0 Å². The van der Waals surface area contributed by atoms with Gasteiger partial charge in [0.2, 0.25) is 0 Å². The summed E-state index contributed by atoms with van der Waals surface area (Å²) in [6.07, 6.45) is 2.00. The fourth-order valence-electron chi connectivity index (χ4n) is 1.65. The maximum Gasteiger partial charge on any atom is 0.340 e. The van der Waals surface area contributed by atoms with Gasteiger partial charge in [-0.2, -0.15) is 0 Å². The maximum atomic E-state index is 11.9. The summed E-state index contributed by atoms with van der Waals surface area (Å²) in [5.41, 5.74) is 6.56. The molecule has 0 aliphatic carbocycles. The summed E-state index contributed by atoms with van der Waals surface area (Å²) in [5.74, 6) is 0.666. The van der Waals surface area contributed by atoms with Crippen LogP contribution in [-0.4, -0.2) is 19.7 Å². The normalized spacial score (nSPS) is 10.4. The summed E-state index contributed by atoms with van der Waals surface area (Å²) in [6, 6.07) is 4.95. The van der Waals surface area contributed by atoms with Gasteiger partial charge in [-0.05, 0) is 18.1 Å². The molecule has 4 heteroatoms. The van der Waals surface area contributed by atoms with Crippen LogP contribution in [0.2, 0.25) is 0 Å². The topological polar surface area (TPSA) is 61.5 Å². The Bertz CT molecular complexity index is 400. The third kappa shape index (κ3) is 3.65. The van der Waals surface area contributed by atoms with Crippen LogP contribution in [0.15, 0.2) is 18.2 Å². The van der Waals surface area contributed by atoms with Crippen LogP contribution in [-0.2, 0) is 4.74 Å². The molecule has 0 aliphatic rings. The maximum absolute atomic E-state index is 11.9. The Morgan fingerprint density at radius 3 is 2.50 bits per heavy atom. The van der Waals surface area contributed by atoms with Crippen molar-refractivity contribution < 1.29 is 14.3 Å². The van der Waals surface area contributed by atoms with Crippen LogP contribution in [0.25, 0.3) is 0 Å². The third-order valence-corrected chi connectivity index (χ3v) is 3.08. The highest BCUT2D eigenvalue weighted by Gasteiger charge is 2.14. The van der Waals surface area contributed by atoms with Gasteiger partial charge in [-0.15, -0.1) is 0 Å². The third-order valence-electron chi connectivity index (χ3n) is 3.08. The van der Waals surface area contributed by atoms with Gasteiger partial charge in [0, 0.05) is 11.8 Å². The number of carbonyl (C=O) groups excluding carboxylic acids is 1. The van der Waals surface area contributed by atoms with Crippen molar-refractivity contribution in [1.29, 1.82) is 0 Å². The molecule has 2 N–H and O–H groups in total. The zero-order valence-corrected chi connectivity index (χ0v) is 11.2. The average molecular weight is 251 g/mol. The van der Waals surface area contributed by atoms with Crippen molar-refractivity contribution in [3.8, 4) is 5.75 Å². The highest BCUT2D eigenvalue weighted by Crippen LogP contribution is 2.20. The molecule has 0 spiro atoms. The van der Waals surface area contributed by atoms with Crippen molar-refractivity contribution in [3.63, 3.8) is 0 Å². The van der Waals surface area contributed by atoms with E-state index in [2.05, 4.69) is 13.8 Å². The molecular formula is C14H21NO3. The molecule has 0 fully saturated rings. The predicted octanol–water partition coefficient (Wildman–Crippen LogP) is 2.87. The fraction of sp³-hybridized carbons (Fsp3) is 0.500. The number of benzene rings is 1. The Morgan fingerprint density at radius 1 is 1.33 bits per heavy atom. The molecule has 0 bridgehead atoms. The Morgan fingerprint density at radius 2 is 2.00 bits per heavy atom. The van der Waals surface area contributed by atoms with Gasteiger partial charge in [0.25, 0.3) is 0 Å². The molecule has 0 unspecified atom stereocenters. The molecule has 0 saturated carbocycles. The summed E-state index contributed by atoms with van der Waals surface area (Å²) < 4.78 is 10.3. The first-order chi connectivity index (χ1) is 8.62. The van der Waals surface area contributed by atoms with Crippen LogP contribution >= 0.6 is 0 Å². The van der Waals surface area contributed by atoms with E-state index in [0.717, 1.165) is 12.8 Å². The zero-order valence-electron chi connectivity index (χ0n) is 11.2. The van der Waals surface area contributed by atoms with E-state index >= 15 is 0 Å². The highest BCUT2D eigenvalue weighted by atomic mass is 16.5. The molecule has 0 aromatic heterocycles. The van der Waals surface area contributed by atoms with Gasteiger partial charge < -0.3 is 15.2 Å². The smallest absolute Gasteiger partial charge is 0.340 e. The van der Waals surface area contributed by atoms with E-state index in [1.165, 1.54) is 0 Å². The second kappa shape index (κ2) is 6.89. The van der Waals surface area contributed by atoms with Crippen molar-refractivity contribution in [3.05, 3.63) is 23.8 Å². The second-order valence-corrected chi connectivity index (χ2v) is 4.23. The standard InChI is InChI=1S/C14H21NO3/c1-4-10(5-2)9-18-14(16)12-7-6-11(17-3)8-13(12)15/h6-8,10H,4-5,9,15H2,1-3H3. The molecule has 0 saturated heterocycles. The van der Waals surface area contributed by atoms with Gasteiger partial charge in [0.1, 0.15) is 5.75 Å². The van der Waals surface area contributed by atoms with Crippen molar-refractivity contribution >= 4 is 11.7 Å². The number of nitrogens with two attached hydrogens (primary N) is 1. The van der Waals surface area contributed by atoms with Gasteiger partial charge in [-0.3, -0.25) is 0 Å². The van der Waals surface area contributed by atoms with E-state index in [9.17, 15) is 4.79 Å². The number of esters is 1. The lowest BCUT2D eigenvalue weighted by atomic mass is 10.1. The number of hydrogen-bond donors (Lipinski definition) is 1. The minimum absolute atomic E-state index is 0.373. The lowest BCUT2D eigenvalue weighted by Crippen LogP contribution is -2.14.